The molecule has 1 heterocycles. The molecule has 1 N–H and O–H groups in total. The van der Waals surface area contributed by atoms with E-state index in [9.17, 15) is 4.79 Å². The van der Waals surface area contributed by atoms with Crippen molar-refractivity contribution in [1.29, 1.82) is 0 Å². The second-order valence-corrected chi connectivity index (χ2v) is 7.03. The van der Waals surface area contributed by atoms with Crippen molar-refractivity contribution in [2.45, 2.75) is 13.3 Å². The molecule has 3 aromatic carbocycles. The molecule has 0 saturated carbocycles. The van der Waals surface area contributed by atoms with E-state index in [1.54, 1.807) is 6.21 Å². The molecule has 0 saturated heterocycles. The maximum atomic E-state index is 12.1. The summed E-state index contributed by atoms with van der Waals surface area (Å²) < 4.78 is 0. The Kier molecular flexibility index (Phi) is 4.46. The Bertz CT molecular complexity index is 1080. The van der Waals surface area contributed by atoms with Crippen LogP contribution in [-0.4, -0.2) is 17.1 Å². The quantitative estimate of drug-likeness (QED) is 0.332. The fourth-order valence-electron chi connectivity index (χ4n) is 3.02. The minimum Gasteiger partial charge on any atom is -0.273 e. The zero-order valence-electron chi connectivity index (χ0n) is 14.3. The zero-order chi connectivity index (χ0) is 17.9. The second kappa shape index (κ2) is 7.06. The maximum absolute atomic E-state index is 12.1. The Morgan fingerprint density at radius 3 is 2.38 bits per heavy atom. The van der Waals surface area contributed by atoms with Crippen LogP contribution in [0.5, 0.6) is 0 Å². The first-order valence-electron chi connectivity index (χ1n) is 8.34. The molecular formula is C21H17N3OS. The van der Waals surface area contributed by atoms with Gasteiger partial charge >= 0.3 is 0 Å². The molecule has 5 heteroatoms. The summed E-state index contributed by atoms with van der Waals surface area (Å²) in [6.45, 7) is 1.92. The lowest BCUT2D eigenvalue weighted by molar-refractivity contribution is -0.120. The van der Waals surface area contributed by atoms with Gasteiger partial charge in [-0.25, -0.2) is 10.4 Å². The van der Waals surface area contributed by atoms with Crippen molar-refractivity contribution in [3.63, 3.8) is 0 Å². The molecule has 4 aromatic rings. The van der Waals surface area contributed by atoms with E-state index in [4.69, 9.17) is 0 Å². The highest BCUT2D eigenvalue weighted by atomic mass is 32.1. The number of aromatic nitrogens is 1. The monoisotopic (exact) mass is 359 g/mol. The number of hydrogen-bond acceptors (Lipinski definition) is 4. The maximum Gasteiger partial charge on any atom is 0.246 e. The van der Waals surface area contributed by atoms with E-state index in [0.29, 0.717) is 0 Å². The number of nitrogens with one attached hydrogen (secondary N) is 1. The van der Waals surface area contributed by atoms with E-state index in [1.165, 1.54) is 11.3 Å². The second-order valence-electron chi connectivity index (χ2n) is 6.09. The van der Waals surface area contributed by atoms with Crippen molar-refractivity contribution in [2.24, 2.45) is 5.10 Å². The number of amides is 1. The Morgan fingerprint density at radius 1 is 1.12 bits per heavy atom. The molecule has 0 bridgehead atoms. The van der Waals surface area contributed by atoms with Crippen LogP contribution in [-0.2, 0) is 11.2 Å². The van der Waals surface area contributed by atoms with Crippen LogP contribution < -0.4 is 5.43 Å². The summed E-state index contributed by atoms with van der Waals surface area (Å²) in [5.74, 6) is -0.167. The smallest absolute Gasteiger partial charge is 0.246 e. The lowest BCUT2D eigenvalue weighted by atomic mass is 9.97. The zero-order valence-corrected chi connectivity index (χ0v) is 15.1. The normalized spacial score (nSPS) is 11.4. The summed E-state index contributed by atoms with van der Waals surface area (Å²) in [5.41, 5.74) is 4.55. The van der Waals surface area contributed by atoms with Crippen LogP contribution in [0.25, 0.3) is 21.5 Å². The number of thiazole rings is 1. The van der Waals surface area contributed by atoms with Gasteiger partial charge in [0, 0.05) is 16.6 Å². The molecule has 1 amide bonds. The van der Waals surface area contributed by atoms with Crippen LogP contribution in [0, 0.1) is 6.92 Å². The van der Waals surface area contributed by atoms with Crippen molar-refractivity contribution < 1.29 is 4.79 Å². The van der Waals surface area contributed by atoms with Gasteiger partial charge in [0.2, 0.25) is 5.91 Å². The molecule has 0 aliphatic heterocycles. The number of hydrazone groups is 1. The third kappa shape index (κ3) is 3.34. The van der Waals surface area contributed by atoms with E-state index in [-0.39, 0.29) is 12.3 Å². The van der Waals surface area contributed by atoms with Gasteiger partial charge in [0.05, 0.1) is 12.6 Å². The summed E-state index contributed by atoms with van der Waals surface area (Å²) in [4.78, 5) is 16.4. The summed E-state index contributed by atoms with van der Waals surface area (Å²) >= 11 is 1.49. The average Bonchev–Trinajstić information content (AvgIpc) is 3.05. The summed E-state index contributed by atoms with van der Waals surface area (Å²) in [7, 11) is 0. The number of fused-ring (bicyclic) bond motifs is 2. The summed E-state index contributed by atoms with van der Waals surface area (Å²) in [5, 5.41) is 11.5. The Balaban J connectivity index is 1.62. The van der Waals surface area contributed by atoms with Crippen LogP contribution >= 0.6 is 11.3 Å². The first-order valence-corrected chi connectivity index (χ1v) is 9.22. The molecule has 0 fully saturated rings. The van der Waals surface area contributed by atoms with E-state index >= 15 is 0 Å². The molecule has 1 aromatic heterocycles. The van der Waals surface area contributed by atoms with E-state index in [2.05, 4.69) is 45.8 Å². The number of carbonyl (C=O) groups excluding carboxylic acids is 1. The number of nitrogens with zero attached hydrogens (tertiary/aromatic N) is 2. The molecule has 4 rings (SSSR count). The largest absolute Gasteiger partial charge is 0.273 e. The number of hydrogen-bond donors (Lipinski definition) is 1. The van der Waals surface area contributed by atoms with E-state index in [1.807, 2.05) is 36.6 Å². The average molecular weight is 359 g/mol. The molecule has 128 valence electrons. The van der Waals surface area contributed by atoms with Gasteiger partial charge in [-0.2, -0.15) is 5.10 Å². The van der Waals surface area contributed by atoms with Gasteiger partial charge in [0.1, 0.15) is 5.01 Å². The van der Waals surface area contributed by atoms with Crippen LogP contribution in [0.15, 0.2) is 65.1 Å². The fraction of sp³-hybridized carbons (Fsp3) is 0.0952. The van der Waals surface area contributed by atoms with Gasteiger partial charge < -0.3 is 0 Å². The molecule has 0 aliphatic carbocycles. The van der Waals surface area contributed by atoms with Crippen LogP contribution in [0.3, 0.4) is 0 Å². The molecule has 26 heavy (non-hydrogen) atoms. The molecule has 0 atom stereocenters. The van der Waals surface area contributed by atoms with Gasteiger partial charge in [-0.3, -0.25) is 4.79 Å². The van der Waals surface area contributed by atoms with Crippen molar-refractivity contribution in [3.05, 3.63) is 76.2 Å². The number of rotatable bonds is 4. The highest BCUT2D eigenvalue weighted by Gasteiger charge is 2.07. The summed E-state index contributed by atoms with van der Waals surface area (Å²) in [6.07, 6.45) is 1.97. The van der Waals surface area contributed by atoms with Gasteiger partial charge in [-0.15, -0.1) is 11.3 Å². The number of aryl methyl sites for hydroxylation is 1. The van der Waals surface area contributed by atoms with Crippen LogP contribution in [0.2, 0.25) is 0 Å². The Hall–Kier alpha value is -3.05. The van der Waals surface area contributed by atoms with Crippen molar-refractivity contribution in [1.82, 2.24) is 10.4 Å². The fourth-order valence-corrected chi connectivity index (χ4v) is 3.79. The SMILES string of the molecule is Cc1csc(CC(=O)N/N=C\c2c3ccccc3cc3ccccc23)n1. The molecule has 0 aliphatic rings. The third-order valence-electron chi connectivity index (χ3n) is 4.17. The predicted octanol–water partition coefficient (Wildman–Crippen LogP) is 4.45. The molecular weight excluding hydrogens is 342 g/mol. The third-order valence-corrected chi connectivity index (χ3v) is 5.14. The topological polar surface area (TPSA) is 54.4 Å². The Morgan fingerprint density at radius 2 is 1.77 bits per heavy atom. The number of benzene rings is 3. The predicted molar refractivity (Wildman–Crippen MR) is 108 cm³/mol. The minimum absolute atomic E-state index is 0.167. The standard InChI is InChI=1S/C21H17N3OS/c1-14-13-26-21(23-14)11-20(25)24-22-12-19-17-8-4-2-6-15(17)10-16-7-3-5-9-18(16)19/h2-10,12-13H,11H2,1H3,(H,24,25)/b22-12-. The van der Waals surface area contributed by atoms with Crippen molar-refractivity contribution >= 4 is 45.0 Å². The van der Waals surface area contributed by atoms with Gasteiger partial charge in [0.15, 0.2) is 0 Å². The number of carbonyl (C=O) groups is 1. The lowest BCUT2D eigenvalue weighted by Crippen LogP contribution is -2.19. The molecule has 0 unspecified atom stereocenters. The van der Waals surface area contributed by atoms with Crippen LogP contribution in [0.4, 0.5) is 0 Å². The van der Waals surface area contributed by atoms with Crippen molar-refractivity contribution in [3.8, 4) is 0 Å². The van der Waals surface area contributed by atoms with Crippen molar-refractivity contribution in [2.75, 3.05) is 0 Å². The highest BCUT2D eigenvalue weighted by Crippen LogP contribution is 2.27. The van der Waals surface area contributed by atoms with E-state index < -0.39 is 0 Å². The van der Waals surface area contributed by atoms with E-state index in [0.717, 1.165) is 37.8 Å². The lowest BCUT2D eigenvalue weighted by Gasteiger charge is -2.07. The molecule has 0 radical (unpaired) electrons. The van der Waals surface area contributed by atoms with Crippen LogP contribution in [0.1, 0.15) is 16.3 Å². The Labute approximate surface area is 155 Å². The first kappa shape index (κ1) is 16.4. The van der Waals surface area contributed by atoms with Gasteiger partial charge in [-0.1, -0.05) is 48.5 Å². The molecule has 4 nitrogen and oxygen atoms in total. The molecule has 0 spiro atoms. The minimum atomic E-state index is -0.167. The first-order chi connectivity index (χ1) is 12.7. The van der Waals surface area contributed by atoms with Gasteiger partial charge in [-0.05, 0) is 34.5 Å². The highest BCUT2D eigenvalue weighted by molar-refractivity contribution is 7.09. The summed E-state index contributed by atoms with van der Waals surface area (Å²) in [6, 6.07) is 18.6. The van der Waals surface area contributed by atoms with Gasteiger partial charge in [0.25, 0.3) is 0 Å².